The Labute approximate surface area is 158 Å². The Morgan fingerprint density at radius 3 is 2.36 bits per heavy atom. The molecule has 0 radical (unpaired) electrons. The van der Waals surface area contributed by atoms with Gasteiger partial charge in [0, 0.05) is 36.1 Å². The average Bonchev–Trinajstić information content (AvgIpc) is 3.05. The first-order valence-electron chi connectivity index (χ1n) is 10.5. The first-order chi connectivity index (χ1) is 12.1. The summed E-state index contributed by atoms with van der Waals surface area (Å²) >= 11 is 1.96. The highest BCUT2D eigenvalue weighted by molar-refractivity contribution is 7.11. The van der Waals surface area contributed by atoms with Crippen molar-refractivity contribution in [1.82, 2.24) is 14.8 Å². The minimum atomic E-state index is 0.574. The number of aromatic nitrogens is 1. The Morgan fingerprint density at radius 2 is 1.84 bits per heavy atom. The Morgan fingerprint density at radius 1 is 1.20 bits per heavy atom. The second kappa shape index (κ2) is 8.06. The van der Waals surface area contributed by atoms with Crippen molar-refractivity contribution in [2.45, 2.75) is 78.2 Å². The molecule has 142 valence electrons. The molecule has 0 atom stereocenters. The molecule has 25 heavy (non-hydrogen) atoms. The quantitative estimate of drug-likeness (QED) is 0.754. The Bertz CT molecular complexity index is 531. The maximum atomic E-state index is 4.63. The third kappa shape index (κ3) is 3.96. The summed E-state index contributed by atoms with van der Waals surface area (Å²) in [6.07, 6.45) is 7.76. The van der Waals surface area contributed by atoms with E-state index in [1.54, 1.807) is 0 Å². The van der Waals surface area contributed by atoms with Crippen LogP contribution in [0.4, 0.5) is 0 Å². The van der Waals surface area contributed by atoms with Crippen LogP contribution in [0.2, 0.25) is 0 Å². The lowest BCUT2D eigenvalue weighted by atomic mass is 9.60. The maximum absolute atomic E-state index is 4.63. The minimum Gasteiger partial charge on any atom is -0.302 e. The van der Waals surface area contributed by atoms with Crippen LogP contribution in [0, 0.1) is 5.41 Å². The van der Waals surface area contributed by atoms with Crippen molar-refractivity contribution in [3.05, 3.63) is 16.1 Å². The molecule has 4 rings (SSSR count). The molecule has 3 heterocycles. The molecule has 1 saturated carbocycles. The molecule has 1 aliphatic carbocycles. The van der Waals surface area contributed by atoms with Gasteiger partial charge in [-0.2, -0.15) is 0 Å². The number of hydrogen-bond donors (Lipinski definition) is 0. The van der Waals surface area contributed by atoms with Crippen LogP contribution in [-0.2, 0) is 0 Å². The second-order valence-corrected chi connectivity index (χ2v) is 9.52. The van der Waals surface area contributed by atoms with E-state index < -0.39 is 0 Å². The summed E-state index contributed by atoms with van der Waals surface area (Å²) in [5, 5.41) is 1.31. The predicted octanol–water partition coefficient (Wildman–Crippen LogP) is 4.96. The summed E-state index contributed by atoms with van der Waals surface area (Å²) in [4.78, 5) is 11.6. The lowest BCUT2D eigenvalue weighted by molar-refractivity contribution is -0.110. The molecule has 1 aromatic heterocycles. The largest absolute Gasteiger partial charge is 0.302 e. The SMILES string of the molecule is CC.CCN1CC2(CC(N3CCC(c4cnc(C(C)C)s4)CC3)C2)C1. The van der Waals surface area contributed by atoms with E-state index in [0.29, 0.717) is 5.92 Å². The molecule has 3 fully saturated rings. The summed E-state index contributed by atoms with van der Waals surface area (Å²) in [5.74, 6) is 1.34. The Balaban J connectivity index is 0.000000880. The molecular formula is C21H37N3S. The van der Waals surface area contributed by atoms with Crippen molar-refractivity contribution in [2.75, 3.05) is 32.7 Å². The van der Waals surface area contributed by atoms with Crippen LogP contribution in [0.1, 0.15) is 82.0 Å². The van der Waals surface area contributed by atoms with Crippen LogP contribution in [0.15, 0.2) is 6.20 Å². The third-order valence-corrected chi connectivity index (χ3v) is 7.85. The van der Waals surface area contributed by atoms with Gasteiger partial charge in [-0.15, -0.1) is 11.3 Å². The molecule has 0 amide bonds. The number of thiazole rings is 1. The number of rotatable bonds is 4. The first-order valence-corrected chi connectivity index (χ1v) is 11.3. The summed E-state index contributed by atoms with van der Waals surface area (Å²) in [6, 6.07) is 0.891. The van der Waals surface area contributed by atoms with E-state index in [4.69, 9.17) is 0 Å². The lowest BCUT2D eigenvalue weighted by Gasteiger charge is -2.61. The maximum Gasteiger partial charge on any atom is 0.0953 e. The van der Waals surface area contributed by atoms with Gasteiger partial charge in [0.2, 0.25) is 0 Å². The fourth-order valence-corrected chi connectivity index (χ4v) is 5.98. The fourth-order valence-electron chi connectivity index (χ4n) is 4.89. The molecule has 2 saturated heterocycles. The minimum absolute atomic E-state index is 0.574. The van der Waals surface area contributed by atoms with E-state index in [0.717, 1.165) is 17.4 Å². The molecule has 1 aromatic rings. The van der Waals surface area contributed by atoms with E-state index in [-0.39, 0.29) is 0 Å². The molecule has 0 aromatic carbocycles. The highest BCUT2D eigenvalue weighted by Crippen LogP contribution is 2.50. The van der Waals surface area contributed by atoms with Gasteiger partial charge in [0.05, 0.1) is 5.01 Å². The number of piperidine rings is 1. The fraction of sp³-hybridized carbons (Fsp3) is 0.857. The summed E-state index contributed by atoms with van der Waals surface area (Å²) < 4.78 is 0. The molecule has 0 N–H and O–H groups in total. The smallest absolute Gasteiger partial charge is 0.0953 e. The van der Waals surface area contributed by atoms with Crippen LogP contribution >= 0.6 is 11.3 Å². The van der Waals surface area contributed by atoms with Gasteiger partial charge in [-0.3, -0.25) is 0 Å². The number of hydrogen-bond acceptors (Lipinski definition) is 4. The molecule has 4 heteroatoms. The first kappa shape index (κ1) is 19.3. The topological polar surface area (TPSA) is 19.4 Å². The normalized spacial score (nSPS) is 24.7. The van der Waals surface area contributed by atoms with Gasteiger partial charge in [0.1, 0.15) is 0 Å². The van der Waals surface area contributed by atoms with Crippen LogP contribution < -0.4 is 0 Å². The van der Waals surface area contributed by atoms with Gasteiger partial charge in [-0.1, -0.05) is 34.6 Å². The molecule has 3 nitrogen and oxygen atoms in total. The van der Waals surface area contributed by atoms with Crippen molar-refractivity contribution in [3.8, 4) is 0 Å². The van der Waals surface area contributed by atoms with Gasteiger partial charge in [-0.05, 0) is 56.7 Å². The highest BCUT2D eigenvalue weighted by atomic mass is 32.1. The third-order valence-electron chi connectivity index (χ3n) is 6.39. The van der Waals surface area contributed by atoms with Crippen molar-refractivity contribution in [1.29, 1.82) is 0 Å². The predicted molar refractivity (Wildman–Crippen MR) is 109 cm³/mol. The van der Waals surface area contributed by atoms with Crippen molar-refractivity contribution >= 4 is 11.3 Å². The summed E-state index contributed by atoms with van der Waals surface area (Å²) in [5.41, 5.74) is 0.724. The van der Waals surface area contributed by atoms with Crippen LogP contribution in [0.3, 0.4) is 0 Å². The second-order valence-electron chi connectivity index (χ2n) is 8.43. The Hall–Kier alpha value is -0.450. The summed E-state index contributed by atoms with van der Waals surface area (Å²) in [6.45, 7) is 17.4. The van der Waals surface area contributed by atoms with E-state index in [9.17, 15) is 0 Å². The lowest BCUT2D eigenvalue weighted by Crippen LogP contribution is -2.66. The van der Waals surface area contributed by atoms with Gasteiger partial charge in [-0.25, -0.2) is 4.98 Å². The van der Waals surface area contributed by atoms with Crippen LogP contribution in [0.5, 0.6) is 0 Å². The molecular weight excluding hydrogens is 326 g/mol. The van der Waals surface area contributed by atoms with Crippen molar-refractivity contribution < 1.29 is 0 Å². The molecule has 0 bridgehead atoms. The van der Waals surface area contributed by atoms with Crippen molar-refractivity contribution in [3.63, 3.8) is 0 Å². The van der Waals surface area contributed by atoms with Crippen molar-refractivity contribution in [2.24, 2.45) is 5.41 Å². The van der Waals surface area contributed by atoms with Crippen LogP contribution in [-0.4, -0.2) is 53.5 Å². The average molecular weight is 364 g/mol. The number of nitrogens with zero attached hydrogens (tertiary/aromatic N) is 3. The highest BCUT2D eigenvalue weighted by Gasteiger charge is 2.53. The standard InChI is InChI=1S/C19H31N3S.C2H6/c1-4-21-12-19(13-21)9-16(10-19)22-7-5-15(6-8-22)17-11-20-18(23-17)14(2)3;1-2/h11,14-16H,4-10,12-13H2,1-3H3;1-2H3. The monoisotopic (exact) mass is 363 g/mol. The summed E-state index contributed by atoms with van der Waals surface area (Å²) in [7, 11) is 0. The van der Waals surface area contributed by atoms with E-state index in [1.807, 2.05) is 25.2 Å². The molecule has 2 aliphatic heterocycles. The van der Waals surface area contributed by atoms with E-state index in [2.05, 4.69) is 41.8 Å². The Kier molecular flexibility index (Phi) is 6.23. The molecule has 1 spiro atoms. The van der Waals surface area contributed by atoms with Gasteiger partial charge in [0.25, 0.3) is 0 Å². The molecule has 3 aliphatic rings. The van der Waals surface area contributed by atoms with E-state index in [1.165, 1.54) is 68.3 Å². The molecule has 0 unspecified atom stereocenters. The van der Waals surface area contributed by atoms with Gasteiger partial charge in [0.15, 0.2) is 0 Å². The zero-order chi connectivity index (χ0) is 18.0. The zero-order valence-electron chi connectivity index (χ0n) is 16.9. The van der Waals surface area contributed by atoms with Crippen LogP contribution in [0.25, 0.3) is 0 Å². The van der Waals surface area contributed by atoms with Gasteiger partial charge >= 0.3 is 0 Å². The zero-order valence-corrected chi connectivity index (χ0v) is 17.7. The number of likely N-dealkylation sites (tertiary alicyclic amines) is 2. The van der Waals surface area contributed by atoms with Gasteiger partial charge < -0.3 is 9.80 Å². The van der Waals surface area contributed by atoms with E-state index >= 15 is 0 Å².